The molecule has 0 aliphatic heterocycles. The van der Waals surface area contributed by atoms with Crippen LogP contribution in [0.2, 0.25) is 25.7 Å². The predicted octanol–water partition coefficient (Wildman–Crippen LogP) is 2.66. The number of amides is 2. The highest BCUT2D eigenvalue weighted by atomic mass is 28.3. The van der Waals surface area contributed by atoms with Crippen LogP contribution >= 0.6 is 0 Å². The molecule has 208 valence electrons. The molecule has 0 radical (unpaired) electrons. The molecule has 0 fully saturated rings. The number of carbonyl (C=O) groups excluding carboxylic acids is 2. The van der Waals surface area contributed by atoms with E-state index in [0.29, 0.717) is 40.1 Å². The number of aliphatic hydroxyl groups excluding tert-OH is 1. The van der Waals surface area contributed by atoms with Crippen LogP contribution < -0.4 is 10.6 Å². The van der Waals surface area contributed by atoms with E-state index in [1.165, 1.54) is 12.1 Å². The van der Waals surface area contributed by atoms with Gasteiger partial charge in [-0.3, -0.25) is 14.3 Å². The van der Waals surface area contributed by atoms with Crippen molar-refractivity contribution in [1.82, 2.24) is 34.9 Å². The Morgan fingerprint density at radius 3 is 2.72 bits per heavy atom. The predicted molar refractivity (Wildman–Crippen MR) is 148 cm³/mol. The van der Waals surface area contributed by atoms with Crippen molar-refractivity contribution < 1.29 is 23.8 Å². The Labute approximate surface area is 226 Å². The van der Waals surface area contributed by atoms with Gasteiger partial charge in [0, 0.05) is 52.8 Å². The van der Waals surface area contributed by atoms with Crippen molar-refractivity contribution in [2.24, 2.45) is 7.05 Å². The number of benzene rings is 1. The molecule has 0 atom stereocenters. The van der Waals surface area contributed by atoms with E-state index < -0.39 is 14.0 Å². The Morgan fingerprint density at radius 1 is 1.18 bits per heavy atom. The van der Waals surface area contributed by atoms with E-state index in [9.17, 15) is 14.0 Å². The fourth-order valence-corrected chi connectivity index (χ4v) is 4.82. The fourth-order valence-electron chi connectivity index (χ4n) is 4.06. The summed E-state index contributed by atoms with van der Waals surface area (Å²) < 4.78 is 23.0. The van der Waals surface area contributed by atoms with Gasteiger partial charge in [-0.2, -0.15) is 5.10 Å². The third-order valence-electron chi connectivity index (χ3n) is 6.16. The minimum absolute atomic E-state index is 0.0671. The molecule has 3 N–H and O–H groups in total. The van der Waals surface area contributed by atoms with Gasteiger partial charge in [0.05, 0.1) is 23.9 Å². The van der Waals surface area contributed by atoms with Gasteiger partial charge in [0.1, 0.15) is 29.5 Å². The van der Waals surface area contributed by atoms with Crippen molar-refractivity contribution in [2.75, 3.05) is 26.3 Å². The number of nitrogens with one attached hydrogen (secondary N) is 2. The Bertz CT molecular complexity index is 1500. The molecule has 2 amide bonds. The van der Waals surface area contributed by atoms with Crippen LogP contribution in [0.1, 0.15) is 16.8 Å². The van der Waals surface area contributed by atoms with Crippen molar-refractivity contribution in [1.29, 1.82) is 0 Å². The van der Waals surface area contributed by atoms with Gasteiger partial charge in [0.25, 0.3) is 5.91 Å². The fraction of sp³-hybridized carbons (Fsp3) is 0.423. The summed E-state index contributed by atoms with van der Waals surface area (Å²) >= 11 is 0. The maximum atomic E-state index is 13.8. The first-order chi connectivity index (χ1) is 18.6. The Morgan fingerprint density at radius 2 is 1.97 bits per heavy atom. The number of aryl methyl sites for hydroxylation is 1. The topological polar surface area (TPSA) is 136 Å². The van der Waals surface area contributed by atoms with Gasteiger partial charge in [-0.05, 0) is 24.2 Å². The summed E-state index contributed by atoms with van der Waals surface area (Å²) in [5, 5.41) is 19.4. The molecule has 13 heteroatoms. The summed E-state index contributed by atoms with van der Waals surface area (Å²) in [7, 11) is 0.454. The monoisotopic (exact) mass is 555 g/mol. The molecule has 1 aromatic carbocycles. The number of ether oxygens (including phenoxy) is 1. The second kappa shape index (κ2) is 12.0. The molecular weight excluding hydrogens is 521 g/mol. The summed E-state index contributed by atoms with van der Waals surface area (Å²) in [5.74, 6) is -1.05. The molecule has 4 aromatic rings. The molecule has 4 rings (SSSR count). The van der Waals surface area contributed by atoms with Crippen molar-refractivity contribution in [3.63, 3.8) is 0 Å². The number of rotatable bonds is 12. The van der Waals surface area contributed by atoms with Crippen LogP contribution in [-0.4, -0.2) is 75.6 Å². The van der Waals surface area contributed by atoms with Gasteiger partial charge in [-0.25, -0.2) is 14.4 Å². The summed E-state index contributed by atoms with van der Waals surface area (Å²) in [6, 6.07) is 5.41. The van der Waals surface area contributed by atoms with Crippen LogP contribution in [0.15, 0.2) is 30.6 Å². The molecule has 0 aliphatic carbocycles. The molecular formula is C26H34FN7O4Si. The third-order valence-corrected chi connectivity index (χ3v) is 7.87. The van der Waals surface area contributed by atoms with E-state index >= 15 is 0 Å². The van der Waals surface area contributed by atoms with E-state index in [0.717, 1.165) is 6.04 Å². The van der Waals surface area contributed by atoms with Gasteiger partial charge in [-0.1, -0.05) is 19.6 Å². The van der Waals surface area contributed by atoms with E-state index in [1.54, 1.807) is 34.8 Å². The Balaban J connectivity index is 1.64. The van der Waals surface area contributed by atoms with Gasteiger partial charge in [-0.15, -0.1) is 0 Å². The van der Waals surface area contributed by atoms with Crippen molar-refractivity contribution in [3.8, 4) is 11.4 Å². The molecule has 3 aromatic heterocycles. The van der Waals surface area contributed by atoms with Crippen LogP contribution in [0.5, 0.6) is 0 Å². The number of hydrogen-bond donors (Lipinski definition) is 3. The van der Waals surface area contributed by atoms with Gasteiger partial charge < -0.3 is 25.0 Å². The maximum absolute atomic E-state index is 13.8. The summed E-state index contributed by atoms with van der Waals surface area (Å²) in [5.41, 5.74) is 2.70. The summed E-state index contributed by atoms with van der Waals surface area (Å²) in [6.45, 7) is 7.74. The normalized spacial score (nSPS) is 11.8. The van der Waals surface area contributed by atoms with E-state index in [1.807, 2.05) is 0 Å². The highest BCUT2D eigenvalue weighted by molar-refractivity contribution is 6.76. The van der Waals surface area contributed by atoms with Crippen molar-refractivity contribution >= 4 is 42.0 Å². The largest absolute Gasteiger partial charge is 0.395 e. The van der Waals surface area contributed by atoms with Crippen LogP contribution in [0.4, 0.5) is 4.39 Å². The van der Waals surface area contributed by atoms with Crippen molar-refractivity contribution in [2.45, 2.75) is 38.8 Å². The second-order valence-corrected chi connectivity index (χ2v) is 16.1. The molecule has 0 spiro atoms. The number of hydrogen-bond acceptors (Lipinski definition) is 7. The number of aromatic nitrogens is 5. The average molecular weight is 556 g/mol. The average Bonchev–Trinajstić information content (AvgIpc) is 3.41. The molecule has 0 saturated heterocycles. The SMILES string of the molecule is Cn1nc(-c2cnc3c(n2)c(C(=O)NCCC(=O)NCCO)cn3COCC[Si](C)(C)C)c2ccc(F)cc21. The van der Waals surface area contributed by atoms with Crippen LogP contribution in [-0.2, 0) is 23.3 Å². The standard InChI is InChI=1S/C26H34FN7O4Si/c1-33-21-13-17(27)5-6-18(21)23(32-33)20-14-30-25-24(31-20)19(15-34(25)16-38-11-12-39(2,3)4)26(37)29-8-7-22(36)28-9-10-35/h5-6,13-15,35H,7-12,16H2,1-4H3,(H,28,36)(H,29,37). The molecule has 0 bridgehead atoms. The molecule has 0 saturated carbocycles. The minimum Gasteiger partial charge on any atom is -0.395 e. The van der Waals surface area contributed by atoms with E-state index in [-0.39, 0.29) is 50.1 Å². The quantitative estimate of drug-likeness (QED) is 0.181. The van der Waals surface area contributed by atoms with Crippen LogP contribution in [0, 0.1) is 5.82 Å². The van der Waals surface area contributed by atoms with Gasteiger partial charge in [0.15, 0.2) is 5.65 Å². The third kappa shape index (κ3) is 6.85. The van der Waals surface area contributed by atoms with Gasteiger partial charge >= 0.3 is 0 Å². The lowest BCUT2D eigenvalue weighted by Crippen LogP contribution is -2.32. The number of carbonyl (C=O) groups is 2. The number of aliphatic hydroxyl groups is 1. The minimum atomic E-state index is -1.27. The first-order valence-electron chi connectivity index (χ1n) is 12.8. The number of fused-ring (bicyclic) bond motifs is 2. The molecule has 0 aliphatic rings. The first-order valence-corrected chi connectivity index (χ1v) is 16.5. The molecule has 39 heavy (non-hydrogen) atoms. The van der Waals surface area contributed by atoms with Gasteiger partial charge in [0.2, 0.25) is 5.91 Å². The van der Waals surface area contributed by atoms with Crippen molar-refractivity contribution in [3.05, 3.63) is 42.0 Å². The lowest BCUT2D eigenvalue weighted by atomic mass is 10.1. The van der Waals surface area contributed by atoms with E-state index in [2.05, 4.69) is 40.4 Å². The number of halogens is 1. The van der Waals surface area contributed by atoms with Crippen LogP contribution in [0.3, 0.4) is 0 Å². The molecule has 3 heterocycles. The lowest BCUT2D eigenvalue weighted by Gasteiger charge is -2.15. The zero-order chi connectivity index (χ0) is 28.2. The summed E-state index contributed by atoms with van der Waals surface area (Å²) in [4.78, 5) is 34.4. The van der Waals surface area contributed by atoms with Crippen LogP contribution in [0.25, 0.3) is 33.5 Å². The molecule has 11 nitrogen and oxygen atoms in total. The number of nitrogens with zero attached hydrogens (tertiary/aromatic N) is 5. The summed E-state index contributed by atoms with van der Waals surface area (Å²) in [6.07, 6.45) is 3.30. The molecule has 0 unspecified atom stereocenters. The lowest BCUT2D eigenvalue weighted by molar-refractivity contribution is -0.121. The Hall–Kier alpha value is -3.68. The Kier molecular flexibility index (Phi) is 8.72. The second-order valence-electron chi connectivity index (χ2n) is 10.5. The highest BCUT2D eigenvalue weighted by Crippen LogP contribution is 2.29. The van der Waals surface area contributed by atoms with E-state index in [4.69, 9.17) is 14.8 Å². The maximum Gasteiger partial charge on any atom is 0.255 e. The first kappa shape index (κ1) is 28.3. The smallest absolute Gasteiger partial charge is 0.255 e. The highest BCUT2D eigenvalue weighted by Gasteiger charge is 2.21. The zero-order valence-electron chi connectivity index (χ0n) is 22.6. The zero-order valence-corrected chi connectivity index (χ0v) is 23.6.